The molecule has 0 aliphatic carbocycles. The summed E-state index contributed by atoms with van der Waals surface area (Å²) in [5.41, 5.74) is 0.0114. The maximum absolute atomic E-state index is 10.7. The molecule has 6 heteroatoms. The molecule has 5 nitrogen and oxygen atoms in total. The highest BCUT2D eigenvalue weighted by Gasteiger charge is 2.14. The quantitative estimate of drug-likeness (QED) is 0.495. The van der Waals surface area contributed by atoms with E-state index in [2.05, 4.69) is 17.2 Å². The van der Waals surface area contributed by atoms with E-state index < -0.39 is 4.92 Å². The highest BCUT2D eigenvalue weighted by Crippen LogP contribution is 2.24. The van der Waals surface area contributed by atoms with Crippen molar-refractivity contribution >= 4 is 23.2 Å². The second kappa shape index (κ2) is 5.87. The number of nitrogens with zero attached hydrogens (tertiary/aromatic N) is 1. The highest BCUT2D eigenvalue weighted by molar-refractivity contribution is 6.32. The summed E-state index contributed by atoms with van der Waals surface area (Å²) in [5.74, 6) is 4.96. The third-order valence-corrected chi connectivity index (χ3v) is 2.14. The Hall–Kier alpha value is -2.06. The van der Waals surface area contributed by atoms with Crippen molar-refractivity contribution in [2.24, 2.45) is 0 Å². The zero-order valence-electron chi connectivity index (χ0n) is 8.99. The first-order valence-corrected chi connectivity index (χ1v) is 5.06. The smallest absolute Gasteiger partial charge is 0.286 e. The molecule has 1 rings (SSSR count). The minimum Gasteiger partial charge on any atom is -0.345 e. The van der Waals surface area contributed by atoms with Gasteiger partial charge in [0.15, 0.2) is 0 Å². The van der Waals surface area contributed by atoms with Crippen LogP contribution in [0.15, 0.2) is 18.2 Å². The summed E-state index contributed by atoms with van der Waals surface area (Å²) in [4.78, 5) is 20.8. The predicted octanol–water partition coefficient (Wildman–Crippen LogP) is 1.74. The number of hydrogen-bond donors (Lipinski definition) is 1. The van der Waals surface area contributed by atoms with Crippen molar-refractivity contribution in [1.82, 2.24) is 5.32 Å². The van der Waals surface area contributed by atoms with Gasteiger partial charge in [-0.2, -0.15) is 0 Å². The van der Waals surface area contributed by atoms with Crippen LogP contribution in [-0.4, -0.2) is 17.4 Å². The zero-order valence-corrected chi connectivity index (χ0v) is 9.75. The number of nitro benzene ring substituents is 1. The van der Waals surface area contributed by atoms with E-state index in [9.17, 15) is 14.9 Å². The van der Waals surface area contributed by atoms with E-state index in [1.54, 1.807) is 0 Å². The Bertz CT molecular complexity index is 517. The number of rotatable bonds is 2. The van der Waals surface area contributed by atoms with E-state index in [0.29, 0.717) is 0 Å². The Balaban J connectivity index is 2.96. The molecular formula is C11H9ClN2O3. The fourth-order valence-corrected chi connectivity index (χ4v) is 1.31. The molecule has 0 bridgehead atoms. The molecule has 0 saturated heterocycles. The largest absolute Gasteiger partial charge is 0.345 e. The summed E-state index contributed by atoms with van der Waals surface area (Å²) in [6.45, 7) is 1.48. The van der Waals surface area contributed by atoms with Crippen LogP contribution in [0.4, 0.5) is 5.69 Å². The fourth-order valence-electron chi connectivity index (χ4n) is 1.09. The Morgan fingerprint density at radius 2 is 2.29 bits per heavy atom. The molecule has 1 N–H and O–H groups in total. The molecule has 0 unspecified atom stereocenters. The van der Waals surface area contributed by atoms with Gasteiger partial charge in [0.25, 0.3) is 5.69 Å². The number of nitro groups is 1. The lowest BCUT2D eigenvalue weighted by Gasteiger charge is -1.97. The molecule has 0 radical (unpaired) electrons. The fraction of sp³-hybridized carbons (Fsp3) is 0.182. The van der Waals surface area contributed by atoms with Crippen molar-refractivity contribution in [3.8, 4) is 11.8 Å². The SMILES string of the molecule is CC(=O)NCC#Cc1c(Cl)cccc1[N+](=O)[O-]. The van der Waals surface area contributed by atoms with Gasteiger partial charge in [0.05, 0.1) is 16.5 Å². The Morgan fingerprint density at radius 3 is 2.88 bits per heavy atom. The predicted molar refractivity (Wildman–Crippen MR) is 63.7 cm³/mol. The van der Waals surface area contributed by atoms with Gasteiger partial charge in [-0.25, -0.2) is 0 Å². The van der Waals surface area contributed by atoms with Gasteiger partial charge >= 0.3 is 0 Å². The Kier molecular flexibility index (Phi) is 4.49. The van der Waals surface area contributed by atoms with Crippen LogP contribution in [0, 0.1) is 22.0 Å². The molecule has 0 aliphatic rings. The first kappa shape index (κ1) is 13.0. The van der Waals surface area contributed by atoms with Crippen molar-refractivity contribution in [3.05, 3.63) is 38.9 Å². The van der Waals surface area contributed by atoms with Crippen LogP contribution in [0.2, 0.25) is 5.02 Å². The minimum absolute atomic E-state index is 0.123. The molecular weight excluding hydrogens is 244 g/mol. The summed E-state index contributed by atoms with van der Waals surface area (Å²) >= 11 is 5.82. The number of halogens is 1. The van der Waals surface area contributed by atoms with E-state index >= 15 is 0 Å². The molecule has 0 heterocycles. The Labute approximate surface area is 103 Å². The summed E-state index contributed by atoms with van der Waals surface area (Å²) in [6, 6.07) is 4.34. The lowest BCUT2D eigenvalue weighted by atomic mass is 10.2. The average molecular weight is 253 g/mol. The van der Waals surface area contributed by atoms with Gasteiger partial charge < -0.3 is 5.32 Å². The van der Waals surface area contributed by atoms with Crippen LogP contribution in [-0.2, 0) is 4.79 Å². The second-order valence-corrected chi connectivity index (χ2v) is 3.51. The van der Waals surface area contributed by atoms with E-state index in [1.807, 2.05) is 0 Å². The van der Waals surface area contributed by atoms with E-state index in [1.165, 1.54) is 25.1 Å². The van der Waals surface area contributed by atoms with Gasteiger partial charge in [-0.3, -0.25) is 14.9 Å². The van der Waals surface area contributed by atoms with E-state index in [4.69, 9.17) is 11.6 Å². The molecule has 0 atom stereocenters. The van der Waals surface area contributed by atoms with Crippen LogP contribution in [0.25, 0.3) is 0 Å². The highest BCUT2D eigenvalue weighted by atomic mass is 35.5. The third kappa shape index (κ3) is 3.78. The maximum atomic E-state index is 10.7. The van der Waals surface area contributed by atoms with Crippen molar-refractivity contribution in [1.29, 1.82) is 0 Å². The third-order valence-electron chi connectivity index (χ3n) is 1.83. The van der Waals surface area contributed by atoms with Crippen molar-refractivity contribution < 1.29 is 9.72 Å². The lowest BCUT2D eigenvalue weighted by molar-refractivity contribution is -0.385. The number of carbonyl (C=O) groups is 1. The summed E-state index contributed by atoms with van der Waals surface area (Å²) in [6.07, 6.45) is 0. The molecule has 1 amide bonds. The molecule has 0 aromatic heterocycles. The normalized spacial score (nSPS) is 9.06. The number of nitrogens with one attached hydrogen (secondary N) is 1. The standard InChI is InChI=1S/C11H9ClN2O3/c1-8(15)13-7-3-4-9-10(12)5-2-6-11(9)14(16)17/h2,5-6H,7H2,1H3,(H,13,15). The molecule has 0 fully saturated rings. The molecule has 0 aliphatic heterocycles. The number of carbonyl (C=O) groups excluding carboxylic acids is 1. The van der Waals surface area contributed by atoms with Crippen LogP contribution in [0.3, 0.4) is 0 Å². The summed E-state index contributed by atoms with van der Waals surface area (Å²) in [5, 5.41) is 13.4. The lowest BCUT2D eigenvalue weighted by Crippen LogP contribution is -2.19. The number of amides is 1. The van der Waals surface area contributed by atoms with Crippen molar-refractivity contribution in [3.63, 3.8) is 0 Å². The summed E-state index contributed by atoms with van der Waals surface area (Å²) < 4.78 is 0. The first-order valence-electron chi connectivity index (χ1n) is 4.68. The van der Waals surface area contributed by atoms with Crippen LogP contribution in [0.1, 0.15) is 12.5 Å². The van der Waals surface area contributed by atoms with Gasteiger partial charge in [-0.15, -0.1) is 0 Å². The zero-order chi connectivity index (χ0) is 12.8. The maximum Gasteiger partial charge on any atom is 0.286 e. The monoisotopic (exact) mass is 252 g/mol. The molecule has 1 aromatic rings. The minimum atomic E-state index is -0.547. The second-order valence-electron chi connectivity index (χ2n) is 3.10. The van der Waals surface area contributed by atoms with Crippen LogP contribution >= 0.6 is 11.6 Å². The topological polar surface area (TPSA) is 72.2 Å². The van der Waals surface area contributed by atoms with Gasteiger partial charge in [0, 0.05) is 13.0 Å². The van der Waals surface area contributed by atoms with Crippen LogP contribution in [0.5, 0.6) is 0 Å². The molecule has 1 aromatic carbocycles. The van der Waals surface area contributed by atoms with E-state index in [-0.39, 0.29) is 28.7 Å². The van der Waals surface area contributed by atoms with Crippen LogP contribution < -0.4 is 5.32 Å². The van der Waals surface area contributed by atoms with Gasteiger partial charge in [0.2, 0.25) is 5.91 Å². The molecule has 0 spiro atoms. The van der Waals surface area contributed by atoms with Gasteiger partial charge in [0.1, 0.15) is 5.56 Å². The van der Waals surface area contributed by atoms with Gasteiger partial charge in [-0.1, -0.05) is 29.5 Å². The van der Waals surface area contributed by atoms with Gasteiger partial charge in [-0.05, 0) is 6.07 Å². The summed E-state index contributed by atoms with van der Waals surface area (Å²) in [7, 11) is 0. The van der Waals surface area contributed by atoms with Crippen molar-refractivity contribution in [2.45, 2.75) is 6.92 Å². The first-order chi connectivity index (χ1) is 8.02. The molecule has 88 valence electrons. The van der Waals surface area contributed by atoms with Crippen molar-refractivity contribution in [2.75, 3.05) is 6.54 Å². The molecule has 17 heavy (non-hydrogen) atoms. The number of hydrogen-bond acceptors (Lipinski definition) is 3. The number of benzene rings is 1. The van der Waals surface area contributed by atoms with E-state index in [0.717, 1.165) is 0 Å². The average Bonchev–Trinajstić information content (AvgIpc) is 2.25. The Morgan fingerprint density at radius 1 is 1.59 bits per heavy atom. The molecule has 0 saturated carbocycles.